The normalized spacial score (nSPS) is 21.9. The predicted octanol–water partition coefficient (Wildman–Crippen LogP) is 1.35. The number of hydrogen-bond acceptors (Lipinski definition) is 3. The Labute approximate surface area is 75.9 Å². The maximum atomic E-state index is 5.74. The van der Waals surface area contributed by atoms with Crippen LogP contribution in [0.15, 0.2) is 12.3 Å². The number of pyridine rings is 1. The quantitative estimate of drug-likeness (QED) is 0.691. The Morgan fingerprint density at radius 1 is 1.67 bits per heavy atom. The summed E-state index contributed by atoms with van der Waals surface area (Å²) in [5.74, 6) is 0. The number of hydrogen-bond donors (Lipinski definition) is 2. The van der Waals surface area contributed by atoms with Gasteiger partial charge >= 0.3 is 0 Å². The molecule has 0 aliphatic carbocycles. The van der Waals surface area contributed by atoms with Crippen molar-refractivity contribution >= 4 is 17.3 Å². The van der Waals surface area contributed by atoms with Gasteiger partial charge in [0, 0.05) is 6.20 Å². The van der Waals surface area contributed by atoms with Crippen LogP contribution in [0.3, 0.4) is 0 Å². The van der Waals surface area contributed by atoms with Gasteiger partial charge in [0.25, 0.3) is 0 Å². The highest BCUT2D eigenvalue weighted by Crippen LogP contribution is 2.26. The number of nitrogen functional groups attached to an aromatic ring is 1. The fraction of sp³-hybridized carbons (Fsp3) is 0.375. The fourth-order valence-electron chi connectivity index (χ4n) is 1.28. The molecule has 64 valence electrons. The second-order valence-corrected chi connectivity index (χ2v) is 3.36. The molecule has 1 atom stereocenters. The molecule has 1 fully saturated rings. The van der Waals surface area contributed by atoms with Crippen molar-refractivity contribution in [3.8, 4) is 0 Å². The zero-order chi connectivity index (χ0) is 8.55. The van der Waals surface area contributed by atoms with Gasteiger partial charge in [-0.15, -0.1) is 0 Å². The zero-order valence-corrected chi connectivity index (χ0v) is 7.30. The van der Waals surface area contributed by atoms with Crippen molar-refractivity contribution in [2.75, 3.05) is 12.3 Å². The minimum Gasteiger partial charge on any atom is -0.397 e. The van der Waals surface area contributed by atoms with Crippen molar-refractivity contribution < 1.29 is 0 Å². The molecule has 1 aromatic heterocycles. The third-order valence-electron chi connectivity index (χ3n) is 2.07. The van der Waals surface area contributed by atoms with Crippen LogP contribution in [0.1, 0.15) is 18.2 Å². The summed E-state index contributed by atoms with van der Waals surface area (Å²) < 4.78 is 0. The van der Waals surface area contributed by atoms with Crippen molar-refractivity contribution in [2.45, 2.75) is 12.5 Å². The average molecular weight is 184 g/mol. The van der Waals surface area contributed by atoms with E-state index >= 15 is 0 Å². The summed E-state index contributed by atoms with van der Waals surface area (Å²) in [5, 5.41) is 3.83. The number of halogens is 1. The molecule has 1 aliphatic rings. The van der Waals surface area contributed by atoms with Crippen LogP contribution in [0.4, 0.5) is 5.69 Å². The predicted molar refractivity (Wildman–Crippen MR) is 49.0 cm³/mol. The Morgan fingerprint density at radius 3 is 2.92 bits per heavy atom. The van der Waals surface area contributed by atoms with E-state index in [2.05, 4.69) is 10.3 Å². The van der Waals surface area contributed by atoms with Gasteiger partial charge in [0.05, 0.1) is 22.4 Å². The van der Waals surface area contributed by atoms with Crippen LogP contribution in [0, 0.1) is 0 Å². The highest BCUT2D eigenvalue weighted by Gasteiger charge is 2.21. The Bertz CT molecular complexity index is 296. The number of anilines is 1. The van der Waals surface area contributed by atoms with Gasteiger partial charge in [-0.1, -0.05) is 11.6 Å². The van der Waals surface area contributed by atoms with Gasteiger partial charge in [-0.3, -0.25) is 4.98 Å². The van der Waals surface area contributed by atoms with Gasteiger partial charge < -0.3 is 11.1 Å². The van der Waals surface area contributed by atoms with Crippen molar-refractivity contribution in [3.63, 3.8) is 0 Å². The molecule has 1 aromatic rings. The minimum atomic E-state index is 0.335. The van der Waals surface area contributed by atoms with Crippen molar-refractivity contribution in [2.24, 2.45) is 0 Å². The molecule has 0 amide bonds. The zero-order valence-electron chi connectivity index (χ0n) is 6.55. The molecular formula is C8H10ClN3. The maximum absolute atomic E-state index is 5.74. The molecule has 2 heterocycles. The Balaban J connectivity index is 2.31. The summed E-state index contributed by atoms with van der Waals surface area (Å²) in [5.41, 5.74) is 7.35. The van der Waals surface area contributed by atoms with E-state index in [0.29, 0.717) is 16.8 Å². The Morgan fingerprint density at radius 2 is 2.42 bits per heavy atom. The topological polar surface area (TPSA) is 50.9 Å². The van der Waals surface area contributed by atoms with Crippen molar-refractivity contribution in [3.05, 3.63) is 23.0 Å². The lowest BCUT2D eigenvalue weighted by molar-refractivity contribution is 0.376. The molecule has 3 nitrogen and oxygen atoms in total. The van der Waals surface area contributed by atoms with Crippen LogP contribution in [0.2, 0.25) is 5.02 Å². The molecule has 0 bridgehead atoms. The van der Waals surface area contributed by atoms with E-state index in [0.717, 1.165) is 18.7 Å². The summed E-state index contributed by atoms with van der Waals surface area (Å²) >= 11 is 5.72. The standard InChI is InChI=1S/C8H10ClN3/c9-5-3-6(10)8(12-4-5)7-1-2-11-7/h3-4,7,11H,1-2,10H2. The Kier molecular flexibility index (Phi) is 1.90. The van der Waals surface area contributed by atoms with Crippen LogP contribution < -0.4 is 11.1 Å². The first-order valence-corrected chi connectivity index (χ1v) is 4.29. The molecule has 1 saturated heterocycles. The fourth-order valence-corrected chi connectivity index (χ4v) is 1.45. The van der Waals surface area contributed by atoms with Crippen LogP contribution in [0.5, 0.6) is 0 Å². The summed E-state index contributed by atoms with van der Waals surface area (Å²) in [7, 11) is 0. The first-order valence-electron chi connectivity index (χ1n) is 3.91. The minimum absolute atomic E-state index is 0.335. The van der Waals surface area contributed by atoms with Crippen molar-refractivity contribution in [1.29, 1.82) is 0 Å². The first-order chi connectivity index (χ1) is 5.77. The first kappa shape index (κ1) is 7.83. The monoisotopic (exact) mass is 183 g/mol. The van der Waals surface area contributed by atoms with Crippen molar-refractivity contribution in [1.82, 2.24) is 10.3 Å². The van der Waals surface area contributed by atoms with Gasteiger partial charge in [0.2, 0.25) is 0 Å². The molecule has 0 spiro atoms. The number of nitrogens with two attached hydrogens (primary N) is 1. The Hall–Kier alpha value is -0.800. The third-order valence-corrected chi connectivity index (χ3v) is 2.28. The molecule has 0 saturated carbocycles. The lowest BCUT2D eigenvalue weighted by atomic mass is 10.0. The maximum Gasteiger partial charge on any atom is 0.0803 e. The van der Waals surface area contributed by atoms with Gasteiger partial charge in [-0.25, -0.2) is 0 Å². The highest BCUT2D eigenvalue weighted by molar-refractivity contribution is 6.30. The molecule has 3 N–H and O–H groups in total. The second-order valence-electron chi connectivity index (χ2n) is 2.92. The van der Waals surface area contributed by atoms with E-state index in [1.54, 1.807) is 12.3 Å². The number of nitrogens with one attached hydrogen (secondary N) is 1. The van der Waals surface area contributed by atoms with E-state index in [4.69, 9.17) is 17.3 Å². The van der Waals surface area contributed by atoms with Crippen LogP contribution in [-0.2, 0) is 0 Å². The summed E-state index contributed by atoms with van der Waals surface area (Å²) in [6.45, 7) is 1.05. The van der Waals surface area contributed by atoms with Crippen LogP contribution in [0.25, 0.3) is 0 Å². The van der Waals surface area contributed by atoms with Crippen LogP contribution in [-0.4, -0.2) is 11.5 Å². The second kappa shape index (κ2) is 2.92. The van der Waals surface area contributed by atoms with Crippen LogP contribution >= 0.6 is 11.6 Å². The molecule has 2 rings (SSSR count). The van der Waals surface area contributed by atoms with E-state index in [1.165, 1.54) is 0 Å². The SMILES string of the molecule is Nc1cc(Cl)cnc1C1CCN1. The van der Waals surface area contributed by atoms with Gasteiger partial charge in [0.15, 0.2) is 0 Å². The van der Waals surface area contributed by atoms with Gasteiger partial charge in [0.1, 0.15) is 0 Å². The summed E-state index contributed by atoms with van der Waals surface area (Å²) in [6, 6.07) is 2.08. The van der Waals surface area contributed by atoms with Gasteiger partial charge in [-0.05, 0) is 19.0 Å². The number of rotatable bonds is 1. The third kappa shape index (κ3) is 1.26. The van der Waals surface area contributed by atoms with E-state index in [-0.39, 0.29) is 0 Å². The molecular weight excluding hydrogens is 174 g/mol. The number of nitrogens with zero attached hydrogens (tertiary/aromatic N) is 1. The number of aromatic nitrogens is 1. The van der Waals surface area contributed by atoms with E-state index < -0.39 is 0 Å². The lowest BCUT2D eigenvalue weighted by Gasteiger charge is -2.27. The highest BCUT2D eigenvalue weighted by atomic mass is 35.5. The molecule has 1 aliphatic heterocycles. The molecule has 0 radical (unpaired) electrons. The molecule has 1 unspecified atom stereocenters. The molecule has 4 heteroatoms. The molecule has 0 aromatic carbocycles. The summed E-state index contributed by atoms with van der Waals surface area (Å²) in [4.78, 5) is 4.18. The van der Waals surface area contributed by atoms with E-state index in [1.807, 2.05) is 0 Å². The largest absolute Gasteiger partial charge is 0.397 e. The smallest absolute Gasteiger partial charge is 0.0803 e. The summed E-state index contributed by atoms with van der Waals surface area (Å²) in [6.07, 6.45) is 2.74. The average Bonchev–Trinajstić information content (AvgIpc) is 1.91. The molecule has 12 heavy (non-hydrogen) atoms. The van der Waals surface area contributed by atoms with Gasteiger partial charge in [-0.2, -0.15) is 0 Å². The van der Waals surface area contributed by atoms with E-state index in [9.17, 15) is 0 Å². The lowest BCUT2D eigenvalue weighted by Crippen LogP contribution is -2.36.